The average molecular weight is 278 g/mol. The van der Waals surface area contributed by atoms with Gasteiger partial charge in [-0.2, -0.15) is 5.10 Å². The number of aromatic nitrogens is 2. The fraction of sp³-hybridized carbons (Fsp3) is 0.733. The summed E-state index contributed by atoms with van der Waals surface area (Å²) in [4.78, 5) is 12.3. The minimum atomic E-state index is -0.0381. The average Bonchev–Trinajstić information content (AvgIpc) is 2.79. The summed E-state index contributed by atoms with van der Waals surface area (Å²) in [5.41, 5.74) is 1.55. The lowest BCUT2D eigenvalue weighted by Gasteiger charge is -2.22. The highest BCUT2D eigenvalue weighted by atomic mass is 16.2. The van der Waals surface area contributed by atoms with Crippen LogP contribution in [-0.2, 0) is 12.5 Å². The van der Waals surface area contributed by atoms with Crippen molar-refractivity contribution in [3.8, 4) is 0 Å². The van der Waals surface area contributed by atoms with Crippen LogP contribution >= 0.6 is 0 Å². The molecule has 0 aliphatic carbocycles. The van der Waals surface area contributed by atoms with Gasteiger partial charge in [0.2, 0.25) is 0 Å². The van der Waals surface area contributed by atoms with Gasteiger partial charge < -0.3 is 10.6 Å². The molecule has 0 aromatic carbocycles. The number of carbonyl (C=O) groups excluding carboxylic acids is 1. The van der Waals surface area contributed by atoms with Crippen molar-refractivity contribution in [1.29, 1.82) is 0 Å². The predicted molar refractivity (Wildman–Crippen MR) is 79.8 cm³/mol. The van der Waals surface area contributed by atoms with Gasteiger partial charge in [0, 0.05) is 19.0 Å². The molecule has 1 unspecified atom stereocenters. The fourth-order valence-electron chi connectivity index (χ4n) is 2.47. The van der Waals surface area contributed by atoms with Gasteiger partial charge in [0.05, 0.1) is 5.69 Å². The molecule has 1 aromatic heterocycles. The smallest absolute Gasteiger partial charge is 0.269 e. The topological polar surface area (TPSA) is 59.0 Å². The van der Waals surface area contributed by atoms with Crippen molar-refractivity contribution in [2.45, 2.75) is 39.0 Å². The predicted octanol–water partition coefficient (Wildman–Crippen LogP) is 1.45. The highest BCUT2D eigenvalue weighted by Crippen LogP contribution is 2.21. The first-order valence-electron chi connectivity index (χ1n) is 7.41. The first kappa shape index (κ1) is 15.0. The Morgan fingerprint density at radius 2 is 2.30 bits per heavy atom. The number of nitrogens with zero attached hydrogens (tertiary/aromatic N) is 2. The van der Waals surface area contributed by atoms with E-state index in [4.69, 9.17) is 0 Å². The van der Waals surface area contributed by atoms with Crippen molar-refractivity contribution in [2.75, 3.05) is 19.6 Å². The summed E-state index contributed by atoms with van der Waals surface area (Å²) in [5.74, 6) is 0.518. The maximum absolute atomic E-state index is 12.3. The molecule has 0 radical (unpaired) electrons. The highest BCUT2D eigenvalue weighted by Gasteiger charge is 2.22. The second-order valence-corrected chi connectivity index (χ2v) is 6.71. The molecule has 2 heterocycles. The number of amides is 1. The van der Waals surface area contributed by atoms with Gasteiger partial charge in [0.25, 0.3) is 5.91 Å². The zero-order valence-corrected chi connectivity index (χ0v) is 13.0. The van der Waals surface area contributed by atoms with Gasteiger partial charge in [-0.1, -0.05) is 20.8 Å². The van der Waals surface area contributed by atoms with Crippen molar-refractivity contribution < 1.29 is 4.79 Å². The molecule has 5 heteroatoms. The van der Waals surface area contributed by atoms with E-state index in [1.165, 1.54) is 12.8 Å². The van der Waals surface area contributed by atoms with Crippen LogP contribution < -0.4 is 10.6 Å². The molecule has 1 aromatic rings. The SMILES string of the molecule is Cn1nc(C(C)(C)C)cc1C(=O)NCC1CCCNC1. The standard InChI is InChI=1S/C15H26N4O/c1-15(2,3)13-8-12(19(4)18-13)14(20)17-10-11-6-5-7-16-9-11/h8,11,16H,5-7,9-10H2,1-4H3,(H,17,20). The number of rotatable bonds is 3. The third-order valence-corrected chi connectivity index (χ3v) is 3.83. The Labute approximate surface area is 121 Å². The Morgan fingerprint density at radius 1 is 1.55 bits per heavy atom. The van der Waals surface area contributed by atoms with Crippen LogP contribution in [0.25, 0.3) is 0 Å². The molecule has 20 heavy (non-hydrogen) atoms. The first-order chi connectivity index (χ1) is 9.38. The van der Waals surface area contributed by atoms with Crippen LogP contribution in [0.4, 0.5) is 0 Å². The van der Waals surface area contributed by atoms with Crippen LogP contribution in [0.5, 0.6) is 0 Å². The quantitative estimate of drug-likeness (QED) is 0.880. The van der Waals surface area contributed by atoms with E-state index in [-0.39, 0.29) is 11.3 Å². The lowest BCUT2D eigenvalue weighted by Crippen LogP contribution is -2.38. The molecule has 1 fully saturated rings. The van der Waals surface area contributed by atoms with Gasteiger partial charge in [0.1, 0.15) is 5.69 Å². The molecule has 1 aliphatic rings. The van der Waals surface area contributed by atoms with Crippen molar-refractivity contribution in [2.24, 2.45) is 13.0 Å². The van der Waals surface area contributed by atoms with Gasteiger partial charge in [-0.3, -0.25) is 9.48 Å². The monoisotopic (exact) mass is 278 g/mol. The Morgan fingerprint density at radius 3 is 2.85 bits per heavy atom. The maximum Gasteiger partial charge on any atom is 0.269 e. The Balaban J connectivity index is 1.96. The van der Waals surface area contributed by atoms with E-state index in [1.54, 1.807) is 4.68 Å². The molecule has 1 saturated heterocycles. The van der Waals surface area contributed by atoms with Crippen LogP contribution in [0.1, 0.15) is 49.8 Å². The molecule has 112 valence electrons. The second-order valence-electron chi connectivity index (χ2n) is 6.71. The summed E-state index contributed by atoms with van der Waals surface area (Å²) in [6.45, 7) is 9.14. The number of hydrogen-bond donors (Lipinski definition) is 2. The molecular weight excluding hydrogens is 252 g/mol. The minimum absolute atomic E-state index is 0.0268. The third kappa shape index (κ3) is 3.60. The lowest BCUT2D eigenvalue weighted by atomic mass is 9.92. The Kier molecular flexibility index (Phi) is 4.48. The van der Waals surface area contributed by atoms with Crippen LogP contribution in [-0.4, -0.2) is 35.3 Å². The molecule has 0 spiro atoms. The first-order valence-corrected chi connectivity index (χ1v) is 7.41. The van der Waals surface area contributed by atoms with Crippen LogP contribution in [0.15, 0.2) is 6.07 Å². The number of hydrogen-bond acceptors (Lipinski definition) is 3. The van der Waals surface area contributed by atoms with Crippen LogP contribution in [0, 0.1) is 5.92 Å². The number of piperidine rings is 1. The van der Waals surface area contributed by atoms with Gasteiger partial charge in [-0.15, -0.1) is 0 Å². The zero-order valence-electron chi connectivity index (χ0n) is 13.0. The molecular formula is C15H26N4O. The molecule has 1 amide bonds. The Hall–Kier alpha value is -1.36. The van der Waals surface area contributed by atoms with E-state index in [9.17, 15) is 4.79 Å². The number of nitrogens with one attached hydrogen (secondary N) is 2. The zero-order chi connectivity index (χ0) is 14.8. The normalized spacial score (nSPS) is 19.9. The summed E-state index contributed by atoms with van der Waals surface area (Å²) in [6.07, 6.45) is 2.38. The van der Waals surface area contributed by atoms with E-state index in [2.05, 4.69) is 36.5 Å². The number of carbonyl (C=O) groups is 1. The fourth-order valence-corrected chi connectivity index (χ4v) is 2.47. The van der Waals surface area contributed by atoms with E-state index in [1.807, 2.05) is 13.1 Å². The second kappa shape index (κ2) is 5.95. The summed E-state index contributed by atoms with van der Waals surface area (Å²) in [7, 11) is 1.83. The molecule has 0 bridgehead atoms. The summed E-state index contributed by atoms with van der Waals surface area (Å²) >= 11 is 0. The van der Waals surface area contributed by atoms with Crippen molar-refractivity contribution in [3.63, 3.8) is 0 Å². The molecule has 5 nitrogen and oxygen atoms in total. The van der Waals surface area contributed by atoms with Gasteiger partial charge in [0.15, 0.2) is 0 Å². The summed E-state index contributed by atoms with van der Waals surface area (Å²) in [5, 5.41) is 10.8. The molecule has 0 saturated carbocycles. The Bertz CT molecular complexity index is 467. The summed E-state index contributed by atoms with van der Waals surface area (Å²) in [6, 6.07) is 1.90. The van der Waals surface area contributed by atoms with Crippen molar-refractivity contribution >= 4 is 5.91 Å². The van der Waals surface area contributed by atoms with E-state index >= 15 is 0 Å². The van der Waals surface area contributed by atoms with E-state index in [0.717, 1.165) is 25.3 Å². The van der Waals surface area contributed by atoms with Gasteiger partial charge in [-0.05, 0) is 37.9 Å². The maximum atomic E-state index is 12.3. The molecule has 2 rings (SSSR count). The lowest BCUT2D eigenvalue weighted by molar-refractivity contribution is 0.0935. The third-order valence-electron chi connectivity index (χ3n) is 3.83. The van der Waals surface area contributed by atoms with E-state index in [0.29, 0.717) is 11.6 Å². The molecule has 1 atom stereocenters. The molecule has 1 aliphatic heterocycles. The van der Waals surface area contributed by atoms with Crippen LogP contribution in [0.3, 0.4) is 0 Å². The van der Waals surface area contributed by atoms with Gasteiger partial charge >= 0.3 is 0 Å². The van der Waals surface area contributed by atoms with E-state index < -0.39 is 0 Å². The van der Waals surface area contributed by atoms with Crippen LogP contribution in [0.2, 0.25) is 0 Å². The van der Waals surface area contributed by atoms with Gasteiger partial charge in [-0.25, -0.2) is 0 Å². The molecule has 2 N–H and O–H groups in total. The number of aryl methyl sites for hydroxylation is 1. The minimum Gasteiger partial charge on any atom is -0.350 e. The largest absolute Gasteiger partial charge is 0.350 e. The van der Waals surface area contributed by atoms with Crippen molar-refractivity contribution in [1.82, 2.24) is 20.4 Å². The highest BCUT2D eigenvalue weighted by molar-refractivity contribution is 5.92. The van der Waals surface area contributed by atoms with Crippen molar-refractivity contribution in [3.05, 3.63) is 17.5 Å². The summed E-state index contributed by atoms with van der Waals surface area (Å²) < 4.78 is 1.68.